The predicted octanol–water partition coefficient (Wildman–Crippen LogP) is 2.17. The molecule has 3 nitrogen and oxygen atoms in total. The van der Waals surface area contributed by atoms with Crippen LogP contribution in [-0.4, -0.2) is 23.4 Å². The molecule has 90 valence electrons. The van der Waals surface area contributed by atoms with Gasteiger partial charge in [0.2, 0.25) is 0 Å². The van der Waals surface area contributed by atoms with Crippen molar-refractivity contribution in [3.05, 3.63) is 29.6 Å². The second kappa shape index (κ2) is 7.23. The van der Waals surface area contributed by atoms with E-state index in [4.69, 9.17) is 0 Å². The summed E-state index contributed by atoms with van der Waals surface area (Å²) in [5.74, 6) is 0. The number of allylic oxidation sites excluding steroid dienone is 1. The molecule has 0 aliphatic heterocycles. The summed E-state index contributed by atoms with van der Waals surface area (Å²) in [7, 11) is 1.98. The van der Waals surface area contributed by atoms with E-state index in [1.54, 1.807) is 0 Å². The Morgan fingerprint density at radius 3 is 2.81 bits per heavy atom. The molecule has 0 radical (unpaired) electrons. The topological polar surface area (TPSA) is 29.9 Å². The fourth-order valence-electron chi connectivity index (χ4n) is 1.68. The third-order valence-corrected chi connectivity index (χ3v) is 2.63. The monoisotopic (exact) mass is 221 g/mol. The molecule has 0 saturated heterocycles. The molecule has 1 N–H and O–H groups in total. The maximum Gasteiger partial charge on any atom is 0.0624 e. The van der Waals surface area contributed by atoms with E-state index in [2.05, 4.69) is 47.2 Å². The Hall–Kier alpha value is -1.09. The zero-order valence-electron chi connectivity index (χ0n) is 10.7. The fourth-order valence-corrected chi connectivity index (χ4v) is 1.68. The van der Waals surface area contributed by atoms with Crippen LogP contribution in [0.15, 0.2) is 18.2 Å². The summed E-state index contributed by atoms with van der Waals surface area (Å²) in [5, 5.41) is 7.67. The first-order chi connectivity index (χ1) is 7.81. The molecule has 0 aliphatic rings. The Balaban J connectivity index is 2.51. The summed E-state index contributed by atoms with van der Waals surface area (Å²) >= 11 is 0. The van der Waals surface area contributed by atoms with Crippen LogP contribution in [0, 0.1) is 0 Å². The van der Waals surface area contributed by atoms with Crippen LogP contribution >= 0.6 is 0 Å². The van der Waals surface area contributed by atoms with Gasteiger partial charge in [0, 0.05) is 18.7 Å². The zero-order valence-corrected chi connectivity index (χ0v) is 10.7. The van der Waals surface area contributed by atoms with Crippen LogP contribution in [0.4, 0.5) is 0 Å². The number of nitrogens with zero attached hydrogens (tertiary/aromatic N) is 2. The lowest BCUT2D eigenvalue weighted by Crippen LogP contribution is -2.06. The van der Waals surface area contributed by atoms with Gasteiger partial charge < -0.3 is 5.32 Å². The van der Waals surface area contributed by atoms with Gasteiger partial charge in [0.25, 0.3) is 0 Å². The second-order valence-corrected chi connectivity index (χ2v) is 3.86. The maximum atomic E-state index is 4.53. The fraction of sp³-hybridized carbons (Fsp3) is 0.615. The van der Waals surface area contributed by atoms with Crippen LogP contribution in [0.1, 0.15) is 31.7 Å². The normalized spacial score (nSPS) is 11.4. The molecule has 0 saturated carbocycles. The molecule has 0 aliphatic carbocycles. The summed E-state index contributed by atoms with van der Waals surface area (Å²) in [6, 6.07) is 2.21. The van der Waals surface area contributed by atoms with Crippen LogP contribution in [-0.2, 0) is 19.4 Å². The SMILES string of the molecule is CCc1cc(CC=CCCNC)n(CC)n1. The van der Waals surface area contributed by atoms with Crippen molar-refractivity contribution < 1.29 is 0 Å². The first-order valence-corrected chi connectivity index (χ1v) is 6.17. The van der Waals surface area contributed by atoms with E-state index in [0.29, 0.717) is 0 Å². The highest BCUT2D eigenvalue weighted by Crippen LogP contribution is 2.07. The highest BCUT2D eigenvalue weighted by Gasteiger charge is 2.02. The number of hydrogen-bond donors (Lipinski definition) is 1. The molecule has 16 heavy (non-hydrogen) atoms. The summed E-state index contributed by atoms with van der Waals surface area (Å²) < 4.78 is 2.10. The lowest BCUT2D eigenvalue weighted by atomic mass is 10.2. The van der Waals surface area contributed by atoms with Crippen molar-refractivity contribution in [2.24, 2.45) is 0 Å². The molecule has 1 heterocycles. The third-order valence-electron chi connectivity index (χ3n) is 2.63. The minimum absolute atomic E-state index is 0.958. The van der Waals surface area contributed by atoms with Crippen molar-refractivity contribution in [3.8, 4) is 0 Å². The molecule has 0 amide bonds. The second-order valence-electron chi connectivity index (χ2n) is 3.86. The molecule has 1 aromatic heterocycles. The predicted molar refractivity (Wildman–Crippen MR) is 68.7 cm³/mol. The van der Waals surface area contributed by atoms with Gasteiger partial charge in [-0.2, -0.15) is 5.10 Å². The molecule has 0 aromatic carbocycles. The molecule has 3 heteroatoms. The van der Waals surface area contributed by atoms with Crippen molar-refractivity contribution in [1.82, 2.24) is 15.1 Å². The Kier molecular flexibility index (Phi) is 5.86. The van der Waals surface area contributed by atoms with E-state index in [0.717, 1.165) is 32.4 Å². The van der Waals surface area contributed by atoms with Crippen LogP contribution in [0.25, 0.3) is 0 Å². The van der Waals surface area contributed by atoms with Crippen LogP contribution < -0.4 is 5.32 Å². The van der Waals surface area contributed by atoms with Crippen molar-refractivity contribution >= 4 is 0 Å². The van der Waals surface area contributed by atoms with Crippen LogP contribution in [0.3, 0.4) is 0 Å². The van der Waals surface area contributed by atoms with Gasteiger partial charge in [-0.15, -0.1) is 0 Å². The Bertz CT molecular complexity index is 326. The summed E-state index contributed by atoms with van der Waals surface area (Å²) in [5.41, 5.74) is 2.51. The molecule has 0 spiro atoms. The summed E-state index contributed by atoms with van der Waals surface area (Å²) in [6.07, 6.45) is 7.57. The Labute approximate surface area is 98.5 Å². The number of hydrogen-bond acceptors (Lipinski definition) is 2. The first kappa shape index (κ1) is 13.0. The van der Waals surface area contributed by atoms with E-state index in [-0.39, 0.29) is 0 Å². The van der Waals surface area contributed by atoms with Crippen molar-refractivity contribution in [3.63, 3.8) is 0 Å². The molecule has 0 fully saturated rings. The largest absolute Gasteiger partial charge is 0.319 e. The zero-order chi connectivity index (χ0) is 11.8. The minimum atomic E-state index is 0.958. The highest BCUT2D eigenvalue weighted by atomic mass is 15.3. The van der Waals surface area contributed by atoms with Gasteiger partial charge in [-0.1, -0.05) is 19.1 Å². The van der Waals surface area contributed by atoms with Gasteiger partial charge in [0.15, 0.2) is 0 Å². The lowest BCUT2D eigenvalue weighted by Gasteiger charge is -2.00. The molecule has 0 unspecified atom stereocenters. The van der Waals surface area contributed by atoms with Gasteiger partial charge in [0.05, 0.1) is 5.69 Å². The van der Waals surface area contributed by atoms with Crippen molar-refractivity contribution in [2.45, 2.75) is 39.7 Å². The average molecular weight is 221 g/mol. The quantitative estimate of drug-likeness (QED) is 0.565. The number of nitrogens with one attached hydrogen (secondary N) is 1. The van der Waals surface area contributed by atoms with Gasteiger partial charge in [-0.05, 0) is 39.4 Å². The van der Waals surface area contributed by atoms with Gasteiger partial charge in [0.1, 0.15) is 0 Å². The third kappa shape index (κ3) is 3.81. The molecular formula is C13H23N3. The molecular weight excluding hydrogens is 198 g/mol. The smallest absolute Gasteiger partial charge is 0.0624 e. The Morgan fingerprint density at radius 1 is 1.38 bits per heavy atom. The number of aryl methyl sites for hydroxylation is 2. The van der Waals surface area contributed by atoms with Gasteiger partial charge in [-0.25, -0.2) is 0 Å². The van der Waals surface area contributed by atoms with E-state index in [1.165, 1.54) is 11.4 Å². The lowest BCUT2D eigenvalue weighted by molar-refractivity contribution is 0.622. The standard InChI is InChI=1S/C13H23N3/c1-4-12-11-13(16(5-2)15-12)9-7-6-8-10-14-3/h6-7,11,14H,4-5,8-10H2,1-3H3. The van der Waals surface area contributed by atoms with Crippen LogP contribution in [0.2, 0.25) is 0 Å². The summed E-state index contributed by atoms with van der Waals surface area (Å²) in [4.78, 5) is 0. The summed E-state index contributed by atoms with van der Waals surface area (Å²) in [6.45, 7) is 6.29. The maximum absolute atomic E-state index is 4.53. The number of aromatic nitrogens is 2. The minimum Gasteiger partial charge on any atom is -0.319 e. The van der Waals surface area contributed by atoms with Crippen molar-refractivity contribution in [1.29, 1.82) is 0 Å². The highest BCUT2D eigenvalue weighted by molar-refractivity contribution is 5.13. The molecule has 1 rings (SSSR count). The first-order valence-electron chi connectivity index (χ1n) is 6.17. The molecule has 0 atom stereocenters. The van der Waals surface area contributed by atoms with E-state index < -0.39 is 0 Å². The van der Waals surface area contributed by atoms with Gasteiger partial charge >= 0.3 is 0 Å². The van der Waals surface area contributed by atoms with E-state index >= 15 is 0 Å². The molecule has 0 bridgehead atoms. The van der Waals surface area contributed by atoms with Gasteiger partial charge in [-0.3, -0.25) is 4.68 Å². The number of rotatable bonds is 7. The van der Waals surface area contributed by atoms with Crippen molar-refractivity contribution in [2.75, 3.05) is 13.6 Å². The Morgan fingerprint density at radius 2 is 2.19 bits per heavy atom. The van der Waals surface area contributed by atoms with Crippen LogP contribution in [0.5, 0.6) is 0 Å². The van der Waals surface area contributed by atoms with E-state index in [1.807, 2.05) is 7.05 Å². The average Bonchev–Trinajstić information content (AvgIpc) is 2.71. The molecule has 1 aromatic rings. The van der Waals surface area contributed by atoms with E-state index in [9.17, 15) is 0 Å².